The summed E-state index contributed by atoms with van der Waals surface area (Å²) in [5.74, 6) is -0.149. The molecule has 0 aliphatic carbocycles. The van der Waals surface area contributed by atoms with Crippen molar-refractivity contribution in [2.45, 2.75) is 18.1 Å². The summed E-state index contributed by atoms with van der Waals surface area (Å²) in [6.07, 6.45) is 0.962. The van der Waals surface area contributed by atoms with Crippen molar-refractivity contribution in [2.24, 2.45) is 0 Å². The van der Waals surface area contributed by atoms with E-state index in [0.717, 1.165) is 0 Å². The number of hydrogen-bond donors (Lipinski definition) is 2. The summed E-state index contributed by atoms with van der Waals surface area (Å²) in [7, 11) is -3.45. The Bertz CT molecular complexity index is 526. The van der Waals surface area contributed by atoms with Gasteiger partial charge in [0.2, 0.25) is 10.0 Å². The van der Waals surface area contributed by atoms with Crippen molar-refractivity contribution in [3.05, 3.63) is 23.2 Å². The lowest BCUT2D eigenvalue weighted by Gasteiger charge is -2.22. The molecule has 5 nitrogen and oxygen atoms in total. The number of hydrogen-bond acceptors (Lipinski definition) is 4. The van der Waals surface area contributed by atoms with Gasteiger partial charge in [-0.1, -0.05) is 11.6 Å². The van der Waals surface area contributed by atoms with E-state index in [-0.39, 0.29) is 10.8 Å². The van der Waals surface area contributed by atoms with Crippen LogP contribution in [0.1, 0.15) is 12.8 Å². The molecule has 100 valence electrons. The second-order valence-corrected chi connectivity index (χ2v) is 6.49. The summed E-state index contributed by atoms with van der Waals surface area (Å²) in [5, 5.41) is 9.15. The van der Waals surface area contributed by atoms with Crippen molar-refractivity contribution >= 4 is 27.3 Å². The number of benzene rings is 1. The van der Waals surface area contributed by atoms with Gasteiger partial charge in [-0.3, -0.25) is 4.72 Å². The Balaban J connectivity index is 2.13. The number of halogens is 1. The van der Waals surface area contributed by atoms with Crippen LogP contribution >= 0.6 is 11.6 Å². The molecule has 18 heavy (non-hydrogen) atoms. The fourth-order valence-corrected chi connectivity index (χ4v) is 3.36. The molecule has 0 radical (unpaired) electrons. The summed E-state index contributed by atoms with van der Waals surface area (Å²) in [6.45, 7) is 0.912. The molecule has 1 fully saturated rings. The Hall–Kier alpha value is -0.980. The van der Waals surface area contributed by atoms with E-state index >= 15 is 0 Å². The lowest BCUT2D eigenvalue weighted by Crippen LogP contribution is -2.33. The molecule has 2 rings (SSSR count). The average molecular weight is 292 g/mol. The number of nitrogens with one attached hydrogen (secondary N) is 1. The Kier molecular flexibility index (Phi) is 3.99. The summed E-state index contributed by atoms with van der Waals surface area (Å²) in [6, 6.07) is 4.25. The summed E-state index contributed by atoms with van der Waals surface area (Å²) in [4.78, 5) is 0. The molecule has 0 amide bonds. The zero-order valence-electron chi connectivity index (χ0n) is 9.60. The van der Waals surface area contributed by atoms with E-state index in [1.54, 1.807) is 0 Å². The Morgan fingerprint density at radius 3 is 2.61 bits per heavy atom. The summed E-state index contributed by atoms with van der Waals surface area (Å²) in [5.41, 5.74) is 0.309. The van der Waals surface area contributed by atoms with Crippen molar-refractivity contribution in [3.8, 4) is 5.75 Å². The number of anilines is 1. The third-order valence-corrected chi connectivity index (χ3v) is 5.00. The second kappa shape index (κ2) is 5.34. The van der Waals surface area contributed by atoms with E-state index in [0.29, 0.717) is 31.7 Å². The highest BCUT2D eigenvalue weighted by Crippen LogP contribution is 2.27. The fraction of sp³-hybridized carbons (Fsp3) is 0.455. The first kappa shape index (κ1) is 13.5. The van der Waals surface area contributed by atoms with Crippen LogP contribution in [0.3, 0.4) is 0 Å². The van der Waals surface area contributed by atoms with Gasteiger partial charge < -0.3 is 9.84 Å². The van der Waals surface area contributed by atoms with E-state index in [9.17, 15) is 13.5 Å². The molecule has 0 unspecified atom stereocenters. The molecular weight excluding hydrogens is 278 g/mol. The Morgan fingerprint density at radius 1 is 1.33 bits per heavy atom. The number of phenolic OH excluding ortho intramolecular Hbond substituents is 1. The lowest BCUT2D eigenvalue weighted by atomic mass is 10.2. The van der Waals surface area contributed by atoms with E-state index in [1.165, 1.54) is 18.2 Å². The third kappa shape index (κ3) is 3.07. The maximum absolute atomic E-state index is 12.1. The van der Waals surface area contributed by atoms with Crippen molar-refractivity contribution in [2.75, 3.05) is 17.9 Å². The second-order valence-electron chi connectivity index (χ2n) is 4.12. The quantitative estimate of drug-likeness (QED) is 0.893. The van der Waals surface area contributed by atoms with Crippen LogP contribution in [-0.2, 0) is 14.8 Å². The molecule has 1 aliphatic heterocycles. The van der Waals surface area contributed by atoms with Crippen LogP contribution in [0.25, 0.3) is 0 Å². The third-order valence-electron chi connectivity index (χ3n) is 2.81. The fourth-order valence-electron chi connectivity index (χ4n) is 1.81. The maximum Gasteiger partial charge on any atom is 0.235 e. The molecule has 7 heteroatoms. The van der Waals surface area contributed by atoms with Gasteiger partial charge in [-0.15, -0.1) is 0 Å². The minimum atomic E-state index is -3.45. The van der Waals surface area contributed by atoms with E-state index in [2.05, 4.69) is 4.72 Å². The Morgan fingerprint density at radius 2 is 2.00 bits per heavy atom. The zero-order valence-corrected chi connectivity index (χ0v) is 11.2. The highest BCUT2D eigenvalue weighted by atomic mass is 35.5. The number of phenols is 1. The van der Waals surface area contributed by atoms with Crippen LogP contribution in [0.5, 0.6) is 5.75 Å². The van der Waals surface area contributed by atoms with Crippen molar-refractivity contribution in [1.82, 2.24) is 0 Å². The van der Waals surface area contributed by atoms with Crippen LogP contribution in [0.2, 0.25) is 5.02 Å². The van der Waals surface area contributed by atoms with Crippen LogP contribution in [0.4, 0.5) is 5.69 Å². The first-order valence-electron chi connectivity index (χ1n) is 5.57. The van der Waals surface area contributed by atoms with Crippen LogP contribution < -0.4 is 4.72 Å². The van der Waals surface area contributed by atoms with Crippen LogP contribution in [-0.4, -0.2) is 32.0 Å². The molecule has 1 aliphatic rings. The Labute approximate surface area is 111 Å². The average Bonchev–Trinajstić information content (AvgIpc) is 2.35. The SMILES string of the molecule is O=S(=O)(Nc1ccc(Cl)c(O)c1)C1CCOCC1. The van der Waals surface area contributed by atoms with E-state index in [4.69, 9.17) is 16.3 Å². The molecule has 1 saturated heterocycles. The standard InChI is InChI=1S/C11H14ClNO4S/c12-10-2-1-8(7-11(10)14)13-18(15,16)9-3-5-17-6-4-9/h1-2,7,9,13-14H,3-6H2. The molecule has 0 aromatic heterocycles. The van der Waals surface area contributed by atoms with Crippen LogP contribution in [0, 0.1) is 0 Å². The number of aromatic hydroxyl groups is 1. The van der Waals surface area contributed by atoms with Gasteiger partial charge in [0.05, 0.1) is 16.0 Å². The van der Waals surface area contributed by atoms with Crippen LogP contribution in [0.15, 0.2) is 18.2 Å². The summed E-state index contributed by atoms with van der Waals surface area (Å²) >= 11 is 5.66. The number of sulfonamides is 1. The first-order chi connectivity index (χ1) is 8.49. The number of rotatable bonds is 3. The van der Waals surface area contributed by atoms with Crippen molar-refractivity contribution in [3.63, 3.8) is 0 Å². The first-order valence-corrected chi connectivity index (χ1v) is 7.49. The smallest absolute Gasteiger partial charge is 0.235 e. The van der Waals surface area contributed by atoms with Crippen molar-refractivity contribution < 1.29 is 18.3 Å². The normalized spacial score (nSPS) is 17.6. The predicted octanol–water partition coefficient (Wildman–Crippen LogP) is 1.97. The monoisotopic (exact) mass is 291 g/mol. The van der Waals surface area contributed by atoms with Gasteiger partial charge in [-0.05, 0) is 25.0 Å². The minimum absolute atomic E-state index is 0.149. The minimum Gasteiger partial charge on any atom is -0.506 e. The molecule has 2 N–H and O–H groups in total. The molecule has 0 atom stereocenters. The van der Waals surface area contributed by atoms with E-state index < -0.39 is 15.3 Å². The van der Waals surface area contributed by atoms with Gasteiger partial charge in [0.25, 0.3) is 0 Å². The highest BCUT2D eigenvalue weighted by molar-refractivity contribution is 7.93. The molecule has 1 heterocycles. The number of ether oxygens (including phenoxy) is 1. The molecular formula is C11H14ClNO4S. The molecule has 0 spiro atoms. The molecule has 0 saturated carbocycles. The van der Waals surface area contributed by atoms with Gasteiger partial charge in [-0.25, -0.2) is 8.42 Å². The van der Waals surface area contributed by atoms with Crippen molar-refractivity contribution in [1.29, 1.82) is 0 Å². The molecule has 1 aromatic rings. The van der Waals surface area contributed by atoms with Gasteiger partial charge in [0.15, 0.2) is 0 Å². The van der Waals surface area contributed by atoms with E-state index in [1.807, 2.05) is 0 Å². The summed E-state index contributed by atoms with van der Waals surface area (Å²) < 4.78 is 31.7. The van der Waals surface area contributed by atoms with Gasteiger partial charge in [0.1, 0.15) is 5.75 Å². The topological polar surface area (TPSA) is 75.6 Å². The molecule has 0 bridgehead atoms. The van der Waals surface area contributed by atoms with Gasteiger partial charge >= 0.3 is 0 Å². The molecule has 1 aromatic carbocycles. The highest BCUT2D eigenvalue weighted by Gasteiger charge is 2.27. The van der Waals surface area contributed by atoms with Gasteiger partial charge in [0, 0.05) is 19.3 Å². The maximum atomic E-state index is 12.1. The largest absolute Gasteiger partial charge is 0.506 e. The van der Waals surface area contributed by atoms with Gasteiger partial charge in [-0.2, -0.15) is 0 Å². The zero-order chi connectivity index (χ0) is 13.2. The lowest BCUT2D eigenvalue weighted by molar-refractivity contribution is 0.0984. The predicted molar refractivity (Wildman–Crippen MR) is 69.5 cm³/mol.